The number of carbonyl (C=O) groups is 3. The van der Waals surface area contributed by atoms with Crippen molar-refractivity contribution < 1.29 is 110 Å². The van der Waals surface area contributed by atoms with Gasteiger partial charge in [-0.25, -0.2) is 31.1 Å². The molecule has 0 atom stereocenters. The fourth-order valence-electron chi connectivity index (χ4n) is 3.60. The number of anilines is 1. The van der Waals surface area contributed by atoms with Gasteiger partial charge in [0.2, 0.25) is 0 Å². The number of rotatable bonds is 8. The zero-order valence-electron chi connectivity index (χ0n) is 22.0. The summed E-state index contributed by atoms with van der Waals surface area (Å²) in [5.41, 5.74) is -3.23. The van der Waals surface area contributed by atoms with Crippen LogP contribution < -0.4 is 69.7 Å². The molecule has 2 aromatic carbocycles. The number of nitrogens with one attached hydrogen (secondary N) is 1. The van der Waals surface area contributed by atoms with Crippen molar-refractivity contribution in [3.63, 3.8) is 0 Å². The van der Waals surface area contributed by atoms with E-state index in [9.17, 15) is 55.3 Å². The summed E-state index contributed by atoms with van der Waals surface area (Å²) < 4.78 is 67.5. The summed E-state index contributed by atoms with van der Waals surface area (Å²) in [6, 6.07) is 7.94. The average molecular weight is 648 g/mol. The van der Waals surface area contributed by atoms with Gasteiger partial charge in [0.15, 0.2) is 11.4 Å². The van der Waals surface area contributed by atoms with E-state index >= 15 is 0 Å². The van der Waals surface area contributed by atoms with Crippen LogP contribution in [0.1, 0.15) is 16.1 Å². The second-order valence-corrected chi connectivity index (χ2v) is 10.8. The zero-order valence-corrected chi connectivity index (χ0v) is 27.6. The van der Waals surface area contributed by atoms with Crippen LogP contribution in [-0.4, -0.2) is 69.5 Å². The van der Waals surface area contributed by atoms with Gasteiger partial charge >= 0.3 is 71.1 Å². The van der Waals surface area contributed by atoms with E-state index in [4.69, 9.17) is 0 Å². The van der Waals surface area contributed by atoms with Crippen molar-refractivity contribution in [2.24, 2.45) is 5.10 Å². The Bertz CT molecular complexity index is 1980. The molecule has 0 aliphatic carbocycles. The molecule has 3 aromatic rings. The molecule has 2 heterocycles. The van der Waals surface area contributed by atoms with Crippen LogP contribution in [0.2, 0.25) is 0 Å². The maximum absolute atomic E-state index is 12.9. The summed E-state index contributed by atoms with van der Waals surface area (Å²) in [5.74, 6) is -4.15. The van der Waals surface area contributed by atoms with E-state index in [1.165, 1.54) is 0 Å². The quantitative estimate of drug-likeness (QED) is 0.117. The predicted octanol–water partition coefficient (Wildman–Crippen LogP) is -5.89. The number of nitrogens with zero attached hydrogens (tertiary/aromatic N) is 3. The van der Waals surface area contributed by atoms with Crippen molar-refractivity contribution in [2.75, 3.05) is 5.01 Å². The molecule has 0 unspecified atom stereocenters. The van der Waals surface area contributed by atoms with E-state index in [1.807, 2.05) is 0 Å². The SMILES string of the molecule is O=C(O)C1=NN(c2ccc(S(=O)(=O)[O-])cc2)C(=O)/C1=C\C=Cc1c(C(=O)O)[nH]n(-c2ccc(S(=O)(=O)[O-])cc2)c1=O.[Na+].[Na+]. The number of H-pyrrole nitrogens is 1. The summed E-state index contributed by atoms with van der Waals surface area (Å²) in [6.45, 7) is 0. The Labute approximate surface area is 286 Å². The third-order valence-electron chi connectivity index (χ3n) is 5.50. The van der Waals surface area contributed by atoms with Crippen LogP contribution in [0.5, 0.6) is 0 Å². The minimum absolute atomic E-state index is 0. The fraction of sp³-hybridized carbons (Fsp3) is 0. The van der Waals surface area contributed by atoms with Crippen LogP contribution in [0.3, 0.4) is 0 Å². The van der Waals surface area contributed by atoms with E-state index in [1.54, 1.807) is 0 Å². The third-order valence-corrected chi connectivity index (χ3v) is 7.20. The van der Waals surface area contributed by atoms with Crippen molar-refractivity contribution in [1.29, 1.82) is 0 Å². The molecule has 4 rings (SSSR count). The van der Waals surface area contributed by atoms with Crippen LogP contribution in [0.25, 0.3) is 11.8 Å². The molecule has 20 heteroatoms. The van der Waals surface area contributed by atoms with Gasteiger partial charge in [-0.2, -0.15) is 10.1 Å². The topological polar surface area (TPSA) is 259 Å². The zero-order chi connectivity index (χ0) is 30.3. The number of benzene rings is 2. The average Bonchev–Trinajstić information content (AvgIpc) is 3.40. The van der Waals surface area contributed by atoms with Gasteiger partial charge in [0.05, 0.1) is 32.3 Å². The molecule has 0 bridgehead atoms. The molecular weight excluding hydrogens is 634 g/mol. The van der Waals surface area contributed by atoms with Crippen LogP contribution >= 0.6 is 0 Å². The molecule has 0 saturated heterocycles. The van der Waals surface area contributed by atoms with Gasteiger partial charge in [-0.3, -0.25) is 14.7 Å². The summed E-state index contributed by atoms with van der Waals surface area (Å²) >= 11 is 0. The van der Waals surface area contributed by atoms with Gasteiger partial charge in [-0.15, -0.1) is 0 Å². The molecule has 212 valence electrons. The number of allylic oxidation sites excluding steroid dienone is 2. The Kier molecular flexibility index (Phi) is 11.4. The molecule has 1 aliphatic rings. The number of aromatic nitrogens is 2. The van der Waals surface area contributed by atoms with Crippen LogP contribution in [0.4, 0.5) is 5.69 Å². The maximum atomic E-state index is 12.9. The molecule has 3 N–H and O–H groups in total. The van der Waals surface area contributed by atoms with Gasteiger partial charge in [-0.1, -0.05) is 6.08 Å². The van der Waals surface area contributed by atoms with Crippen LogP contribution in [-0.2, 0) is 29.8 Å². The second kappa shape index (κ2) is 13.6. The molecule has 0 saturated carbocycles. The van der Waals surface area contributed by atoms with Crippen molar-refractivity contribution >= 4 is 55.6 Å². The molecular formula is C23H14N4Na2O12S2. The monoisotopic (exact) mass is 648 g/mol. The number of carbonyl (C=O) groups excluding carboxylic acids is 1. The Morgan fingerprint density at radius 1 is 0.814 bits per heavy atom. The van der Waals surface area contributed by atoms with Crippen molar-refractivity contribution in [2.45, 2.75) is 9.79 Å². The normalized spacial score (nSPS) is 14.4. The number of hydrogen-bond donors (Lipinski definition) is 3. The molecule has 0 radical (unpaired) electrons. The first-order valence-electron chi connectivity index (χ1n) is 10.9. The van der Waals surface area contributed by atoms with E-state index in [2.05, 4.69) is 10.2 Å². The molecule has 43 heavy (non-hydrogen) atoms. The Morgan fingerprint density at radius 2 is 1.30 bits per heavy atom. The van der Waals surface area contributed by atoms with Gasteiger partial charge in [0, 0.05) is 0 Å². The Hall–Kier alpha value is -3.17. The minimum Gasteiger partial charge on any atom is -0.744 e. The predicted molar refractivity (Wildman–Crippen MR) is 135 cm³/mol. The number of carboxylic acids is 2. The van der Waals surface area contributed by atoms with Gasteiger partial charge < -0.3 is 19.3 Å². The minimum atomic E-state index is -4.78. The molecule has 0 fully saturated rings. The first-order valence-corrected chi connectivity index (χ1v) is 13.7. The van der Waals surface area contributed by atoms with Gasteiger partial charge in [0.1, 0.15) is 20.2 Å². The first-order chi connectivity index (χ1) is 19.1. The van der Waals surface area contributed by atoms with E-state index in [0.717, 1.165) is 71.4 Å². The van der Waals surface area contributed by atoms with Crippen molar-refractivity contribution in [3.05, 3.63) is 87.9 Å². The largest absolute Gasteiger partial charge is 1.00 e. The van der Waals surface area contributed by atoms with E-state index in [0.29, 0.717) is 5.01 Å². The maximum Gasteiger partial charge on any atom is 1.00 e. The summed E-state index contributed by atoms with van der Waals surface area (Å²) in [5, 5.41) is 25.7. The smallest absolute Gasteiger partial charge is 0.744 e. The number of hydrazone groups is 1. The first kappa shape index (κ1) is 36.0. The molecule has 0 spiro atoms. The molecule has 16 nitrogen and oxygen atoms in total. The molecule has 1 amide bonds. The summed E-state index contributed by atoms with van der Waals surface area (Å²) in [7, 11) is -9.55. The van der Waals surface area contributed by atoms with Gasteiger partial charge in [-0.05, 0) is 60.7 Å². The van der Waals surface area contributed by atoms with Crippen molar-refractivity contribution in [3.8, 4) is 5.69 Å². The molecule has 1 aromatic heterocycles. The Morgan fingerprint density at radius 3 is 1.74 bits per heavy atom. The fourth-order valence-corrected chi connectivity index (χ4v) is 4.54. The number of hydrogen-bond acceptors (Lipinski definition) is 11. The van der Waals surface area contributed by atoms with Gasteiger partial charge in [0.25, 0.3) is 11.5 Å². The van der Waals surface area contributed by atoms with E-state index < -0.39 is 76.0 Å². The second-order valence-electron chi connectivity index (χ2n) is 8.05. The number of amides is 1. The van der Waals surface area contributed by atoms with Crippen molar-refractivity contribution in [1.82, 2.24) is 9.78 Å². The van der Waals surface area contributed by atoms with Crippen LogP contribution in [0.15, 0.2) is 85.9 Å². The Balaban J connectivity index is 0.00000323. The van der Waals surface area contributed by atoms with E-state index in [-0.39, 0.29) is 70.5 Å². The number of aliphatic carboxylic acids is 1. The summed E-state index contributed by atoms with van der Waals surface area (Å²) in [6.07, 6.45) is 2.96. The number of carboxylic acid groups (broad SMARTS) is 2. The third kappa shape index (κ3) is 7.68. The number of aromatic amines is 1. The number of aromatic carboxylic acids is 1. The van der Waals surface area contributed by atoms with Crippen LogP contribution in [0, 0.1) is 0 Å². The summed E-state index contributed by atoms with van der Waals surface area (Å²) in [4.78, 5) is 48.1. The molecule has 1 aliphatic heterocycles. The standard InChI is InChI=1S/C23H16N4O12S2.2Na/c28-20-16(18(22(30)31)24-26(20)12-4-8-14(9-5-12)40(34,35)36)2-1-3-17-19(23(32)33)25-27(21(17)29)13-6-10-15(11-7-13)41(37,38)39;;/h1-11,24H,(H,30,31)(H,32,33)(H,34,35,36)(H,37,38,39);;/q;2*+1/p-2/b2-1?,17-3-;;.